The first kappa shape index (κ1) is 12.8. The number of rotatable bonds is 2. The van der Waals surface area contributed by atoms with Crippen LogP contribution in [0.3, 0.4) is 0 Å². The molecule has 2 heterocycles. The molecule has 2 N–H and O–H groups in total. The second-order valence-corrected chi connectivity index (χ2v) is 6.98. The molecule has 0 bridgehead atoms. The lowest BCUT2D eigenvalue weighted by molar-refractivity contribution is 0.0915. The fraction of sp³-hybridized carbons (Fsp3) is 0.455. The summed E-state index contributed by atoms with van der Waals surface area (Å²) >= 11 is 0. The van der Waals surface area contributed by atoms with Crippen molar-refractivity contribution >= 4 is 15.7 Å². The average molecular weight is 270 g/mol. The highest BCUT2D eigenvalue weighted by atomic mass is 32.2. The first-order valence-corrected chi connectivity index (χ1v) is 7.34. The average Bonchev–Trinajstić information content (AvgIpc) is 2.53. The molecular weight excluding hydrogens is 256 g/mol. The van der Waals surface area contributed by atoms with Gasteiger partial charge in [0.15, 0.2) is 9.84 Å². The summed E-state index contributed by atoms with van der Waals surface area (Å²) < 4.78 is 22.8. The molecule has 1 amide bonds. The van der Waals surface area contributed by atoms with Gasteiger partial charge in [-0.3, -0.25) is 9.59 Å². The van der Waals surface area contributed by atoms with E-state index in [4.69, 9.17) is 0 Å². The summed E-state index contributed by atoms with van der Waals surface area (Å²) in [7, 11) is -3.06. The van der Waals surface area contributed by atoms with E-state index in [0.29, 0.717) is 12.0 Å². The Morgan fingerprint density at radius 1 is 1.44 bits per heavy atom. The van der Waals surface area contributed by atoms with E-state index in [0.717, 1.165) is 0 Å². The number of aromatic amines is 1. The Morgan fingerprint density at radius 2 is 2.17 bits per heavy atom. The number of aromatic nitrogens is 1. The van der Waals surface area contributed by atoms with Gasteiger partial charge in [0.1, 0.15) is 0 Å². The molecule has 0 aromatic carbocycles. The van der Waals surface area contributed by atoms with Gasteiger partial charge in [0, 0.05) is 12.3 Å². The fourth-order valence-corrected chi connectivity index (χ4v) is 4.10. The Hall–Kier alpha value is -1.63. The highest BCUT2D eigenvalue weighted by molar-refractivity contribution is 7.91. The van der Waals surface area contributed by atoms with Crippen LogP contribution < -0.4 is 10.9 Å². The minimum absolute atomic E-state index is 0.0465. The van der Waals surface area contributed by atoms with Gasteiger partial charge >= 0.3 is 0 Å². The Kier molecular flexibility index (Phi) is 3.02. The standard InChI is InChI=1S/C11H14N2O4S/c1-11(4-5-18(16,17)7-11)13-10(15)8-2-3-9(14)12-6-8/h2-3,6H,4-5,7H2,1H3,(H,12,14)(H,13,15). The van der Waals surface area contributed by atoms with Gasteiger partial charge in [0.05, 0.1) is 22.6 Å². The van der Waals surface area contributed by atoms with Crippen LogP contribution in [0.2, 0.25) is 0 Å². The van der Waals surface area contributed by atoms with Crippen molar-refractivity contribution in [1.29, 1.82) is 0 Å². The number of hydrogen-bond acceptors (Lipinski definition) is 4. The maximum atomic E-state index is 11.9. The summed E-state index contributed by atoms with van der Waals surface area (Å²) in [4.78, 5) is 25.2. The fourth-order valence-electron chi connectivity index (χ4n) is 2.01. The first-order valence-electron chi connectivity index (χ1n) is 5.51. The number of amides is 1. The molecule has 98 valence electrons. The number of hydrogen-bond donors (Lipinski definition) is 2. The first-order chi connectivity index (χ1) is 8.30. The molecule has 6 nitrogen and oxygen atoms in total. The van der Waals surface area contributed by atoms with Crippen LogP contribution in [0.4, 0.5) is 0 Å². The molecule has 0 saturated carbocycles. The van der Waals surface area contributed by atoms with Crippen LogP contribution in [0.15, 0.2) is 23.1 Å². The molecule has 18 heavy (non-hydrogen) atoms. The lowest BCUT2D eigenvalue weighted by atomic mass is 10.0. The summed E-state index contributed by atoms with van der Waals surface area (Å²) in [6, 6.07) is 2.66. The molecule has 0 spiro atoms. The van der Waals surface area contributed by atoms with Gasteiger partial charge < -0.3 is 10.3 Å². The SMILES string of the molecule is CC1(NC(=O)c2ccc(=O)[nH]c2)CCS(=O)(=O)C1. The molecule has 1 atom stereocenters. The summed E-state index contributed by atoms with van der Waals surface area (Å²) in [6.07, 6.45) is 1.72. The summed E-state index contributed by atoms with van der Waals surface area (Å²) in [5.74, 6) is -0.337. The molecule has 7 heteroatoms. The van der Waals surface area contributed by atoms with E-state index in [9.17, 15) is 18.0 Å². The molecule has 1 fully saturated rings. The van der Waals surface area contributed by atoms with Crippen molar-refractivity contribution in [3.63, 3.8) is 0 Å². The zero-order chi connectivity index (χ0) is 13.4. The smallest absolute Gasteiger partial charge is 0.253 e. The molecule has 0 aliphatic carbocycles. The predicted molar refractivity (Wildman–Crippen MR) is 66.2 cm³/mol. The number of sulfone groups is 1. The monoisotopic (exact) mass is 270 g/mol. The van der Waals surface area contributed by atoms with Crippen molar-refractivity contribution in [3.05, 3.63) is 34.2 Å². The lowest BCUT2D eigenvalue weighted by Gasteiger charge is -2.23. The topological polar surface area (TPSA) is 96.1 Å². The van der Waals surface area contributed by atoms with Gasteiger partial charge in [0.2, 0.25) is 5.56 Å². The quantitative estimate of drug-likeness (QED) is 0.770. The molecule has 1 aromatic rings. The third kappa shape index (κ3) is 2.79. The molecule has 1 saturated heterocycles. The van der Waals surface area contributed by atoms with Crippen LogP contribution in [-0.4, -0.2) is 36.4 Å². The second kappa shape index (κ2) is 4.24. The summed E-state index contributed by atoms with van der Waals surface area (Å²) in [6.45, 7) is 1.71. The molecule has 1 aliphatic rings. The Bertz CT molecular complexity index is 614. The van der Waals surface area contributed by atoms with Gasteiger partial charge in [-0.1, -0.05) is 0 Å². The largest absolute Gasteiger partial charge is 0.346 e. The highest BCUT2D eigenvalue weighted by Gasteiger charge is 2.39. The second-order valence-electron chi connectivity index (χ2n) is 4.80. The minimum Gasteiger partial charge on any atom is -0.346 e. The normalized spacial score (nSPS) is 25.8. The number of H-pyrrole nitrogens is 1. The molecule has 1 aliphatic heterocycles. The molecule has 1 aromatic heterocycles. The maximum absolute atomic E-state index is 11.9. The zero-order valence-electron chi connectivity index (χ0n) is 9.89. The van der Waals surface area contributed by atoms with E-state index >= 15 is 0 Å². The third-order valence-electron chi connectivity index (χ3n) is 2.97. The van der Waals surface area contributed by atoms with Crippen LogP contribution in [0, 0.1) is 0 Å². The number of carbonyl (C=O) groups excluding carboxylic acids is 1. The van der Waals surface area contributed by atoms with Gasteiger partial charge in [-0.25, -0.2) is 8.42 Å². The number of nitrogens with one attached hydrogen (secondary N) is 2. The van der Waals surface area contributed by atoms with Gasteiger partial charge in [-0.05, 0) is 19.4 Å². The van der Waals surface area contributed by atoms with Crippen LogP contribution in [0.25, 0.3) is 0 Å². The predicted octanol–water partition coefficient (Wildman–Crippen LogP) is -0.318. The number of carbonyl (C=O) groups is 1. The minimum atomic E-state index is -3.06. The van der Waals surface area contributed by atoms with E-state index in [-0.39, 0.29) is 23.0 Å². The van der Waals surface area contributed by atoms with E-state index in [2.05, 4.69) is 10.3 Å². The lowest BCUT2D eigenvalue weighted by Crippen LogP contribution is -2.47. The van der Waals surface area contributed by atoms with Gasteiger partial charge in [-0.2, -0.15) is 0 Å². The summed E-state index contributed by atoms with van der Waals surface area (Å²) in [5.41, 5.74) is -0.715. The molecule has 0 radical (unpaired) electrons. The molecule has 1 unspecified atom stereocenters. The van der Waals surface area contributed by atoms with Crippen LogP contribution in [-0.2, 0) is 9.84 Å². The van der Waals surface area contributed by atoms with Gasteiger partial charge in [-0.15, -0.1) is 0 Å². The molecule has 2 rings (SSSR count). The van der Waals surface area contributed by atoms with E-state index in [1.807, 2.05) is 0 Å². The third-order valence-corrected chi connectivity index (χ3v) is 4.87. The summed E-state index contributed by atoms with van der Waals surface area (Å²) in [5, 5.41) is 2.71. The van der Waals surface area contributed by atoms with Crippen molar-refractivity contribution in [2.45, 2.75) is 18.9 Å². The van der Waals surface area contributed by atoms with Crippen molar-refractivity contribution in [3.8, 4) is 0 Å². The van der Waals surface area contributed by atoms with Crippen LogP contribution in [0.1, 0.15) is 23.7 Å². The van der Waals surface area contributed by atoms with E-state index in [1.54, 1.807) is 6.92 Å². The number of pyridine rings is 1. The van der Waals surface area contributed by atoms with Crippen molar-refractivity contribution in [1.82, 2.24) is 10.3 Å². The van der Waals surface area contributed by atoms with Crippen molar-refractivity contribution < 1.29 is 13.2 Å². The van der Waals surface area contributed by atoms with Crippen LogP contribution >= 0.6 is 0 Å². The highest BCUT2D eigenvalue weighted by Crippen LogP contribution is 2.23. The maximum Gasteiger partial charge on any atom is 0.253 e. The zero-order valence-corrected chi connectivity index (χ0v) is 10.7. The van der Waals surface area contributed by atoms with Crippen molar-refractivity contribution in [2.75, 3.05) is 11.5 Å². The van der Waals surface area contributed by atoms with Crippen LogP contribution in [0.5, 0.6) is 0 Å². The van der Waals surface area contributed by atoms with E-state index in [1.165, 1.54) is 18.3 Å². The van der Waals surface area contributed by atoms with Gasteiger partial charge in [0.25, 0.3) is 5.91 Å². The van der Waals surface area contributed by atoms with Crippen molar-refractivity contribution in [2.24, 2.45) is 0 Å². The Labute approximate surface area is 104 Å². The van der Waals surface area contributed by atoms with E-state index < -0.39 is 15.4 Å². The molecular formula is C11H14N2O4S. The Balaban J connectivity index is 2.13. The Morgan fingerprint density at radius 3 is 2.67 bits per heavy atom.